The number of rotatable bonds is 3. The molecule has 0 spiro atoms. The van der Waals surface area contributed by atoms with Gasteiger partial charge in [0.25, 0.3) is 0 Å². The highest BCUT2D eigenvalue weighted by atomic mass is 19.4. The lowest BCUT2D eigenvalue weighted by Crippen LogP contribution is -2.38. The second kappa shape index (κ2) is 7.71. The van der Waals surface area contributed by atoms with E-state index in [4.69, 9.17) is 10.5 Å². The van der Waals surface area contributed by atoms with Crippen LogP contribution >= 0.6 is 0 Å². The summed E-state index contributed by atoms with van der Waals surface area (Å²) in [6, 6.07) is 10.2. The van der Waals surface area contributed by atoms with Crippen LogP contribution in [0.25, 0.3) is 0 Å². The van der Waals surface area contributed by atoms with Crippen molar-refractivity contribution >= 4 is 28.7 Å². The Bertz CT molecular complexity index is 964. The van der Waals surface area contributed by atoms with Crippen LogP contribution in [0.5, 0.6) is 5.75 Å². The molecule has 2 aromatic carbocycles. The molecule has 6 nitrogen and oxygen atoms in total. The van der Waals surface area contributed by atoms with Gasteiger partial charge in [0.2, 0.25) is 5.91 Å². The molecule has 2 aliphatic heterocycles. The van der Waals surface area contributed by atoms with E-state index in [-0.39, 0.29) is 25.5 Å². The van der Waals surface area contributed by atoms with Crippen molar-refractivity contribution in [1.82, 2.24) is 0 Å². The number of hydrogen-bond acceptors (Lipinski definition) is 5. The Morgan fingerprint density at radius 2 is 2.03 bits per heavy atom. The minimum atomic E-state index is -4.15. The molecule has 2 atom stereocenters. The molecule has 1 fully saturated rings. The van der Waals surface area contributed by atoms with Crippen molar-refractivity contribution in [1.29, 1.82) is 0 Å². The number of alkyl halides is 3. The van der Waals surface area contributed by atoms with Crippen LogP contribution in [0.4, 0.5) is 35.9 Å². The lowest BCUT2D eigenvalue weighted by atomic mass is 10.1. The number of hydrogen-bond donors (Lipinski definition) is 3. The molecule has 160 valence electrons. The Morgan fingerprint density at radius 3 is 2.73 bits per heavy atom. The summed E-state index contributed by atoms with van der Waals surface area (Å²) < 4.78 is 44.5. The maximum atomic E-state index is 12.9. The predicted octanol–water partition coefficient (Wildman–Crippen LogP) is 3.79. The van der Waals surface area contributed by atoms with Crippen molar-refractivity contribution in [2.75, 3.05) is 35.2 Å². The normalized spacial score (nSPS) is 21.5. The molecule has 0 bridgehead atoms. The Kier molecular flexibility index (Phi) is 5.23. The number of fused-ring (bicyclic) bond motifs is 1. The van der Waals surface area contributed by atoms with Gasteiger partial charge in [-0.2, -0.15) is 13.2 Å². The maximum Gasteiger partial charge on any atom is 0.393 e. The second-order valence-corrected chi connectivity index (χ2v) is 7.72. The number of amides is 1. The Morgan fingerprint density at radius 1 is 1.23 bits per heavy atom. The summed E-state index contributed by atoms with van der Waals surface area (Å²) >= 11 is 0. The largest absolute Gasteiger partial charge is 0.489 e. The fraction of sp³-hybridized carbons (Fsp3) is 0.381. The third kappa shape index (κ3) is 4.16. The molecule has 30 heavy (non-hydrogen) atoms. The number of ether oxygens (including phenoxy) is 1. The number of nitrogens with zero attached hydrogens (tertiary/aromatic N) is 1. The topological polar surface area (TPSA) is 79.6 Å². The van der Waals surface area contributed by atoms with Gasteiger partial charge in [-0.3, -0.25) is 4.79 Å². The van der Waals surface area contributed by atoms with Gasteiger partial charge in [0.15, 0.2) is 0 Å². The zero-order chi connectivity index (χ0) is 21.5. The number of anilines is 4. The van der Waals surface area contributed by atoms with Crippen LogP contribution in [0.3, 0.4) is 0 Å². The molecule has 4 N–H and O–H groups in total. The minimum absolute atomic E-state index is 0.00820. The number of nitrogens with one attached hydrogen (secondary N) is 2. The molecule has 1 saturated heterocycles. The second-order valence-electron chi connectivity index (χ2n) is 7.72. The van der Waals surface area contributed by atoms with E-state index < -0.39 is 18.1 Å². The smallest absolute Gasteiger partial charge is 0.393 e. The summed E-state index contributed by atoms with van der Waals surface area (Å²) in [5.74, 6) is -1.05. The zero-order valence-electron chi connectivity index (χ0n) is 16.4. The molecule has 1 amide bonds. The summed E-state index contributed by atoms with van der Waals surface area (Å²) in [5.41, 5.74) is 9.56. The minimum Gasteiger partial charge on any atom is -0.489 e. The molecule has 0 aliphatic carbocycles. The van der Waals surface area contributed by atoms with E-state index in [1.807, 2.05) is 25.1 Å². The number of carbonyl (C=O) groups is 1. The van der Waals surface area contributed by atoms with Crippen LogP contribution in [-0.2, 0) is 4.79 Å². The summed E-state index contributed by atoms with van der Waals surface area (Å²) in [7, 11) is 0. The SMILES string of the molecule is Cc1cc(N2CCC(C(F)(F)F)C2)ccc1Nc1ccc2c(c1)OCC(N)C(=O)N2. The quantitative estimate of drug-likeness (QED) is 0.704. The molecule has 0 saturated carbocycles. The van der Waals surface area contributed by atoms with Gasteiger partial charge in [-0.15, -0.1) is 0 Å². The van der Waals surface area contributed by atoms with Crippen LogP contribution in [-0.4, -0.2) is 37.8 Å². The Hall–Kier alpha value is -2.94. The highest BCUT2D eigenvalue weighted by molar-refractivity contribution is 5.97. The highest BCUT2D eigenvalue weighted by Crippen LogP contribution is 2.37. The fourth-order valence-corrected chi connectivity index (χ4v) is 3.71. The molecule has 2 aromatic rings. The molecule has 2 unspecified atom stereocenters. The van der Waals surface area contributed by atoms with Gasteiger partial charge in [0.1, 0.15) is 18.4 Å². The molecule has 4 rings (SSSR count). The summed E-state index contributed by atoms with van der Waals surface area (Å²) in [5, 5.41) is 6.02. The average molecular weight is 420 g/mol. The molecular weight excluding hydrogens is 397 g/mol. The molecular formula is C21H23F3N4O2. The maximum absolute atomic E-state index is 12.9. The summed E-state index contributed by atoms with van der Waals surface area (Å²) in [6.07, 6.45) is -4.03. The van der Waals surface area contributed by atoms with E-state index in [2.05, 4.69) is 10.6 Å². The van der Waals surface area contributed by atoms with E-state index in [0.717, 1.165) is 22.6 Å². The van der Waals surface area contributed by atoms with Crippen LogP contribution in [0.1, 0.15) is 12.0 Å². The van der Waals surface area contributed by atoms with Crippen molar-refractivity contribution in [2.45, 2.75) is 25.6 Å². The first-order valence-electron chi connectivity index (χ1n) is 9.73. The number of aryl methyl sites for hydroxylation is 1. The van der Waals surface area contributed by atoms with E-state index in [1.54, 1.807) is 23.1 Å². The van der Waals surface area contributed by atoms with Gasteiger partial charge in [-0.05, 0) is 49.2 Å². The molecule has 2 aliphatic rings. The Balaban J connectivity index is 1.48. The zero-order valence-corrected chi connectivity index (χ0v) is 16.4. The average Bonchev–Trinajstić information content (AvgIpc) is 3.15. The van der Waals surface area contributed by atoms with Gasteiger partial charge in [-0.1, -0.05) is 0 Å². The van der Waals surface area contributed by atoms with E-state index in [9.17, 15) is 18.0 Å². The molecule has 9 heteroatoms. The molecule has 2 heterocycles. The van der Waals surface area contributed by atoms with Crippen LogP contribution in [0.2, 0.25) is 0 Å². The van der Waals surface area contributed by atoms with Crippen LogP contribution in [0, 0.1) is 12.8 Å². The number of nitrogens with two attached hydrogens (primary N) is 1. The predicted molar refractivity (Wildman–Crippen MR) is 109 cm³/mol. The monoisotopic (exact) mass is 420 g/mol. The fourth-order valence-electron chi connectivity index (χ4n) is 3.71. The van der Waals surface area contributed by atoms with E-state index >= 15 is 0 Å². The van der Waals surface area contributed by atoms with E-state index in [1.165, 1.54) is 0 Å². The van der Waals surface area contributed by atoms with E-state index in [0.29, 0.717) is 18.0 Å². The number of benzene rings is 2. The van der Waals surface area contributed by atoms with Crippen molar-refractivity contribution in [3.63, 3.8) is 0 Å². The van der Waals surface area contributed by atoms with Gasteiger partial charge in [0, 0.05) is 36.2 Å². The first-order chi connectivity index (χ1) is 14.2. The van der Waals surface area contributed by atoms with Crippen molar-refractivity contribution < 1.29 is 22.7 Å². The number of halogens is 3. The van der Waals surface area contributed by atoms with Gasteiger partial charge >= 0.3 is 6.18 Å². The summed E-state index contributed by atoms with van der Waals surface area (Å²) in [4.78, 5) is 13.6. The molecule has 0 radical (unpaired) electrons. The standard InChI is InChI=1S/C21H23F3N4O2/c1-12-8-15(28-7-6-13(10-28)21(22,23)24)3-5-17(12)26-14-2-4-18-19(9-14)30-11-16(25)20(29)27-18/h2-5,8-9,13,16,26H,6-7,10-11,25H2,1H3,(H,27,29). The van der Waals surface area contributed by atoms with Gasteiger partial charge in [0.05, 0.1) is 11.6 Å². The van der Waals surface area contributed by atoms with Crippen molar-refractivity contribution in [3.05, 3.63) is 42.0 Å². The third-order valence-electron chi connectivity index (χ3n) is 5.50. The lowest BCUT2D eigenvalue weighted by molar-refractivity contribution is -0.168. The van der Waals surface area contributed by atoms with Gasteiger partial charge in [-0.25, -0.2) is 0 Å². The summed E-state index contributed by atoms with van der Waals surface area (Å²) in [6.45, 7) is 2.38. The van der Waals surface area contributed by atoms with Crippen molar-refractivity contribution in [2.24, 2.45) is 11.7 Å². The highest BCUT2D eigenvalue weighted by Gasteiger charge is 2.43. The Labute approximate surface area is 172 Å². The third-order valence-corrected chi connectivity index (χ3v) is 5.50. The van der Waals surface area contributed by atoms with Crippen LogP contribution in [0.15, 0.2) is 36.4 Å². The van der Waals surface area contributed by atoms with Gasteiger partial charge < -0.3 is 26.0 Å². The van der Waals surface area contributed by atoms with Crippen LogP contribution < -0.4 is 26.0 Å². The first kappa shape index (κ1) is 20.3. The molecule has 0 aromatic heterocycles. The lowest BCUT2D eigenvalue weighted by Gasteiger charge is -2.21. The number of carbonyl (C=O) groups excluding carboxylic acids is 1. The first-order valence-corrected chi connectivity index (χ1v) is 9.73. The van der Waals surface area contributed by atoms with Crippen molar-refractivity contribution in [3.8, 4) is 5.75 Å².